The van der Waals surface area contributed by atoms with Gasteiger partial charge in [0.25, 0.3) is 0 Å². The highest BCUT2D eigenvalue weighted by Crippen LogP contribution is 2.65. The molecule has 0 aromatic heterocycles. The topological polar surface area (TPSA) is 115 Å². The second kappa shape index (κ2) is 21.6. The van der Waals surface area contributed by atoms with E-state index in [0.29, 0.717) is 38.8 Å². The molecule has 0 saturated carbocycles. The summed E-state index contributed by atoms with van der Waals surface area (Å²) in [6.07, 6.45) is 3.80. The van der Waals surface area contributed by atoms with E-state index in [1.54, 1.807) is 0 Å². The number of likely N-dealkylation sites (N-methyl/N-ethyl adjacent to an activating group) is 2. The smallest absolute Gasteiger partial charge is 0.312 e. The molecular weight excluding hydrogens is 843 g/mol. The lowest BCUT2D eigenvalue weighted by molar-refractivity contribution is -0.354. The molecule has 0 N–H and O–H groups in total. The van der Waals surface area contributed by atoms with Crippen LogP contribution in [0, 0.1) is 45.3 Å². The highest BCUT2D eigenvalue weighted by Gasteiger charge is 2.66. The minimum Gasteiger partial charge on any atom is -0.469 e. The molecule has 11 heteroatoms. The van der Waals surface area contributed by atoms with Crippen molar-refractivity contribution in [3.63, 3.8) is 0 Å². The van der Waals surface area contributed by atoms with Gasteiger partial charge in [-0.15, -0.1) is 0 Å². The van der Waals surface area contributed by atoms with Crippen molar-refractivity contribution in [3.8, 4) is 0 Å². The quantitative estimate of drug-likeness (QED) is 0.0530. The van der Waals surface area contributed by atoms with E-state index < -0.39 is 68.0 Å². The predicted octanol–water partition coefficient (Wildman–Crippen LogP) is 10.9. The van der Waals surface area contributed by atoms with Gasteiger partial charge in [0.2, 0.25) is 0 Å². The molecule has 1 saturated heterocycles. The number of methoxy groups -OCH3 is 1. The Morgan fingerprint density at radius 1 is 0.731 bits per heavy atom. The summed E-state index contributed by atoms with van der Waals surface area (Å²) in [6.45, 7) is 40.1. The van der Waals surface area contributed by atoms with Crippen molar-refractivity contribution in [2.75, 3.05) is 61.1 Å². The normalized spacial score (nSPS) is 25.6. The van der Waals surface area contributed by atoms with E-state index in [1.807, 2.05) is 47.0 Å². The van der Waals surface area contributed by atoms with Gasteiger partial charge in [-0.3, -0.25) is 24.0 Å². The van der Waals surface area contributed by atoms with Crippen molar-refractivity contribution in [1.29, 1.82) is 0 Å². The van der Waals surface area contributed by atoms with Gasteiger partial charge in [0, 0.05) is 37.4 Å². The van der Waals surface area contributed by atoms with Crippen LogP contribution in [-0.2, 0) is 43.6 Å². The Labute approximate surface area is 408 Å². The molecule has 2 aliphatic rings. The summed E-state index contributed by atoms with van der Waals surface area (Å²) in [7, 11) is 7.52. The molecule has 1 fully saturated rings. The van der Waals surface area contributed by atoms with E-state index in [1.165, 1.54) is 18.2 Å². The van der Waals surface area contributed by atoms with Crippen LogP contribution in [-0.4, -0.2) is 116 Å². The van der Waals surface area contributed by atoms with Gasteiger partial charge in [-0.1, -0.05) is 128 Å². The third-order valence-electron chi connectivity index (χ3n) is 18.8. The number of hydrogen-bond acceptors (Lipinski definition) is 11. The number of carbonyl (C=O) groups excluding carboxylic acids is 4. The molecule has 0 bridgehead atoms. The van der Waals surface area contributed by atoms with Gasteiger partial charge in [-0.25, -0.2) is 0 Å². The Morgan fingerprint density at radius 3 is 1.82 bits per heavy atom. The molecule has 67 heavy (non-hydrogen) atoms. The lowest BCUT2D eigenvalue weighted by Crippen LogP contribution is -2.69. The molecule has 8 unspecified atom stereocenters. The monoisotopic (exact) mass is 940 g/mol. The van der Waals surface area contributed by atoms with Crippen LogP contribution in [0.5, 0.6) is 0 Å². The first kappa shape index (κ1) is 58.5. The van der Waals surface area contributed by atoms with Crippen molar-refractivity contribution >= 4 is 23.7 Å². The highest BCUT2D eigenvalue weighted by atomic mass is 16.7. The van der Waals surface area contributed by atoms with E-state index >= 15 is 4.79 Å². The lowest BCUT2D eigenvalue weighted by atomic mass is 9.43. The molecule has 11 nitrogen and oxygen atoms in total. The van der Waals surface area contributed by atoms with E-state index in [4.69, 9.17) is 19.0 Å². The fraction of sp³-hybridized carbons (Fsp3) is 0.821. The molecule has 0 spiro atoms. The summed E-state index contributed by atoms with van der Waals surface area (Å²) in [5.41, 5.74) is -4.15. The number of hydrogen-bond donors (Lipinski definition) is 0. The van der Waals surface area contributed by atoms with Crippen LogP contribution in [0.25, 0.3) is 0 Å². The maximum atomic E-state index is 15.3. The number of piperidine rings is 1. The Hall–Kier alpha value is -2.86. The van der Waals surface area contributed by atoms with Crippen molar-refractivity contribution < 1.29 is 38.2 Å². The van der Waals surface area contributed by atoms with Crippen molar-refractivity contribution in [3.05, 3.63) is 35.4 Å². The number of ketones is 1. The SMILES string of the molecule is CCCCOC(=O)C(CC1(C)c2ccccc2C1C)C(C)(C)C(C)(C)C(C(=O)OC)C(C)(C)C(C)(C)C(C(=O)OCCN(C)CCN(C)C)C(C)(C)ON1C(C)(CC)CC(=O)C(C)C1(C)CC. The van der Waals surface area contributed by atoms with Gasteiger partial charge in [-0.2, -0.15) is 5.06 Å². The van der Waals surface area contributed by atoms with Gasteiger partial charge < -0.3 is 24.0 Å². The number of hydroxylamine groups is 2. The van der Waals surface area contributed by atoms with E-state index in [2.05, 4.69) is 138 Å². The van der Waals surface area contributed by atoms with Gasteiger partial charge in [0.15, 0.2) is 0 Å². The first-order chi connectivity index (χ1) is 30.7. The molecule has 8 atom stereocenters. The molecule has 0 radical (unpaired) electrons. The van der Waals surface area contributed by atoms with Gasteiger partial charge in [0.1, 0.15) is 12.4 Å². The minimum absolute atomic E-state index is 0.168. The Kier molecular flexibility index (Phi) is 18.9. The van der Waals surface area contributed by atoms with Crippen LogP contribution in [0.3, 0.4) is 0 Å². The molecule has 1 aromatic rings. The van der Waals surface area contributed by atoms with Crippen LogP contribution in [0.2, 0.25) is 0 Å². The third kappa shape index (κ3) is 11.2. The first-order valence-corrected chi connectivity index (χ1v) is 25.5. The maximum Gasteiger partial charge on any atom is 0.312 e. The summed E-state index contributed by atoms with van der Waals surface area (Å²) in [5, 5.41) is 2.05. The van der Waals surface area contributed by atoms with Crippen LogP contribution in [0.4, 0.5) is 0 Å². The van der Waals surface area contributed by atoms with Crippen LogP contribution in [0.15, 0.2) is 24.3 Å². The second-order valence-corrected chi connectivity index (χ2v) is 24.5. The fourth-order valence-corrected chi connectivity index (χ4v) is 12.1. The number of esters is 3. The van der Waals surface area contributed by atoms with Crippen molar-refractivity contribution in [1.82, 2.24) is 14.9 Å². The van der Waals surface area contributed by atoms with Crippen LogP contribution in [0.1, 0.15) is 180 Å². The zero-order valence-electron chi connectivity index (χ0n) is 46.6. The third-order valence-corrected chi connectivity index (χ3v) is 18.8. The van der Waals surface area contributed by atoms with Gasteiger partial charge in [0.05, 0.1) is 48.1 Å². The molecular formula is C56H97N3O8. The minimum atomic E-state index is -1.23. The summed E-state index contributed by atoms with van der Waals surface area (Å²) in [6, 6.07) is 8.49. The van der Waals surface area contributed by atoms with Crippen LogP contribution >= 0.6 is 0 Å². The number of carbonyl (C=O) groups is 4. The maximum absolute atomic E-state index is 15.3. The zero-order valence-corrected chi connectivity index (χ0v) is 46.6. The largest absolute Gasteiger partial charge is 0.469 e. The summed E-state index contributed by atoms with van der Waals surface area (Å²) >= 11 is 0. The summed E-state index contributed by atoms with van der Waals surface area (Å²) in [5.74, 6) is -3.39. The molecule has 1 aromatic carbocycles. The number of benzene rings is 1. The second-order valence-electron chi connectivity index (χ2n) is 24.5. The average Bonchev–Trinajstić information content (AvgIpc) is 3.24. The van der Waals surface area contributed by atoms with Crippen LogP contribution < -0.4 is 0 Å². The molecule has 0 amide bonds. The number of rotatable bonds is 25. The van der Waals surface area contributed by atoms with E-state index in [-0.39, 0.29) is 35.6 Å². The first-order valence-electron chi connectivity index (χ1n) is 25.5. The van der Waals surface area contributed by atoms with Crippen molar-refractivity contribution in [2.24, 2.45) is 45.3 Å². The number of ether oxygens (including phenoxy) is 3. The van der Waals surface area contributed by atoms with Gasteiger partial charge >= 0.3 is 17.9 Å². The lowest BCUT2D eigenvalue weighted by Gasteiger charge is -2.62. The Morgan fingerprint density at radius 2 is 1.28 bits per heavy atom. The van der Waals surface area contributed by atoms with Gasteiger partial charge in [-0.05, 0) is 113 Å². The molecule has 1 aliphatic heterocycles. The van der Waals surface area contributed by atoms with E-state index in [9.17, 15) is 14.4 Å². The van der Waals surface area contributed by atoms with E-state index in [0.717, 1.165) is 25.9 Å². The standard InChI is InChI=1S/C56H97N3O8/c1-23-26-34-65-46(61)42(36-55(17)38(4)40-29-27-28-30-41(40)55)49(6,7)50(8,9)44(47(62)64-22)51(10,11)52(12,13)45(48(63)66-35-33-58(21)32-31-57(19)20)53(14,15)67-59-54(16,24-2)37-43(60)39(5)56(59,18)25-3/h27-30,38-39,42,44-45H,23-26,31-37H2,1-22H3. The average molecular weight is 940 g/mol. The predicted molar refractivity (Wildman–Crippen MR) is 270 cm³/mol. The number of unbranched alkanes of at least 4 members (excludes halogenated alkanes) is 1. The number of fused-ring (bicyclic) bond motifs is 1. The summed E-state index contributed by atoms with van der Waals surface area (Å²) in [4.78, 5) is 70.4. The zero-order chi connectivity index (χ0) is 51.5. The molecule has 384 valence electrons. The molecule has 1 aliphatic carbocycles. The van der Waals surface area contributed by atoms with Crippen molar-refractivity contribution in [2.45, 2.75) is 191 Å². The highest BCUT2D eigenvalue weighted by molar-refractivity contribution is 5.84. The number of Topliss-reactive ketones (excluding diaryl/α,β-unsaturated/α-hetero) is 1. The molecule has 1 heterocycles. The number of nitrogens with zero attached hydrogens (tertiary/aromatic N) is 3. The Bertz CT molecular complexity index is 1870. The fourth-order valence-electron chi connectivity index (χ4n) is 12.1. The molecule has 3 rings (SSSR count). The summed E-state index contributed by atoms with van der Waals surface area (Å²) < 4.78 is 18.3. The Balaban J connectivity index is 2.28.